The van der Waals surface area contributed by atoms with Crippen molar-refractivity contribution in [3.8, 4) is 0 Å². The number of hydrogen-bond acceptors (Lipinski definition) is 6. The highest BCUT2D eigenvalue weighted by Crippen LogP contribution is 2.71. The molecule has 2 aliphatic carbocycles. The van der Waals surface area contributed by atoms with Crippen molar-refractivity contribution in [1.29, 1.82) is 0 Å². The van der Waals surface area contributed by atoms with Crippen molar-refractivity contribution in [2.45, 2.75) is 40.0 Å². The summed E-state index contributed by atoms with van der Waals surface area (Å²) in [6.45, 7) is 6.07. The first kappa shape index (κ1) is 24.2. The minimum atomic E-state index is -0.842. The summed E-state index contributed by atoms with van der Waals surface area (Å²) in [4.78, 5) is 41.7. The van der Waals surface area contributed by atoms with Crippen LogP contribution in [0.2, 0.25) is 10.0 Å². The summed E-state index contributed by atoms with van der Waals surface area (Å²) in [7, 11) is 0. The van der Waals surface area contributed by atoms with Crippen molar-refractivity contribution >= 4 is 52.2 Å². The Balaban J connectivity index is 1.59. The third kappa shape index (κ3) is 3.56. The van der Waals surface area contributed by atoms with E-state index >= 15 is 0 Å². The average molecular weight is 504 g/mol. The van der Waals surface area contributed by atoms with Gasteiger partial charge in [0, 0.05) is 17.9 Å². The van der Waals surface area contributed by atoms with Gasteiger partial charge in [0.1, 0.15) is 5.02 Å². The predicted octanol–water partition coefficient (Wildman–Crippen LogP) is 6.27. The van der Waals surface area contributed by atoms with Gasteiger partial charge in [-0.1, -0.05) is 61.3 Å². The molecule has 1 amide bonds. The molecular formula is C24H23Cl2N3O5. The number of para-hydroxylation sites is 1. The molecule has 0 aromatic heterocycles. The Labute approximate surface area is 206 Å². The summed E-state index contributed by atoms with van der Waals surface area (Å²) in [6.07, 6.45) is 1.67. The van der Waals surface area contributed by atoms with E-state index in [4.69, 9.17) is 28.0 Å². The molecule has 8 nitrogen and oxygen atoms in total. The molecule has 0 aliphatic heterocycles. The summed E-state index contributed by atoms with van der Waals surface area (Å²) in [5, 5.41) is 18.6. The third-order valence-electron chi connectivity index (χ3n) is 7.91. The van der Waals surface area contributed by atoms with Crippen LogP contribution in [0.15, 0.2) is 47.6 Å². The maximum absolute atomic E-state index is 13.5. The lowest BCUT2D eigenvalue weighted by Gasteiger charge is -2.39. The van der Waals surface area contributed by atoms with Crippen molar-refractivity contribution in [2.75, 3.05) is 5.32 Å². The number of nitrogens with one attached hydrogen (secondary N) is 1. The van der Waals surface area contributed by atoms with Crippen LogP contribution in [-0.2, 0) is 9.63 Å². The number of carbonyl (C=O) groups excluding carboxylic acids is 2. The zero-order chi connectivity index (χ0) is 24.9. The maximum atomic E-state index is 13.5. The average Bonchev–Trinajstić information content (AvgIpc) is 3.09. The predicted molar refractivity (Wildman–Crippen MR) is 129 cm³/mol. The topological polar surface area (TPSA) is 111 Å². The van der Waals surface area contributed by atoms with Gasteiger partial charge in [-0.2, -0.15) is 0 Å². The van der Waals surface area contributed by atoms with Crippen LogP contribution in [0.25, 0.3) is 0 Å². The van der Waals surface area contributed by atoms with E-state index in [9.17, 15) is 19.7 Å². The van der Waals surface area contributed by atoms with Gasteiger partial charge >= 0.3 is 5.97 Å². The third-order valence-corrected chi connectivity index (χ3v) is 8.56. The summed E-state index contributed by atoms with van der Waals surface area (Å²) in [6, 6.07) is 10.7. The van der Waals surface area contributed by atoms with Gasteiger partial charge in [-0.25, -0.2) is 4.79 Å². The number of fused-ring (bicyclic) bond motifs is 2. The Bertz CT molecular complexity index is 1240. The molecule has 10 heteroatoms. The molecule has 2 bridgehead atoms. The molecule has 178 valence electrons. The molecule has 2 fully saturated rings. The molecule has 2 atom stereocenters. The summed E-state index contributed by atoms with van der Waals surface area (Å²) in [5.41, 5.74) is -1.01. The second kappa shape index (κ2) is 8.36. The van der Waals surface area contributed by atoms with Gasteiger partial charge in [0.15, 0.2) is 0 Å². The Hall–Kier alpha value is -2.97. The van der Waals surface area contributed by atoms with Crippen molar-refractivity contribution in [3.63, 3.8) is 0 Å². The van der Waals surface area contributed by atoms with Crippen LogP contribution in [0.4, 0.5) is 11.4 Å². The van der Waals surface area contributed by atoms with Crippen molar-refractivity contribution in [1.82, 2.24) is 0 Å². The minimum absolute atomic E-state index is 0.0424. The fourth-order valence-electron chi connectivity index (χ4n) is 5.26. The highest BCUT2D eigenvalue weighted by atomic mass is 35.5. The number of nitro groups is 1. The fraction of sp³-hybridized carbons (Fsp3) is 0.375. The SMILES string of the molecule is CC12CCC(C(=O)Nc3ccccc3Cl)(CC1=NOC(=O)c1ccc(Cl)c([N+](=O)[O-])c1)C2(C)C. The second-order valence-corrected chi connectivity index (χ2v) is 10.3. The van der Waals surface area contributed by atoms with E-state index in [0.717, 1.165) is 6.07 Å². The number of rotatable bonds is 5. The van der Waals surface area contributed by atoms with E-state index in [2.05, 4.69) is 10.5 Å². The second-order valence-electron chi connectivity index (χ2n) is 9.49. The first-order valence-corrected chi connectivity index (χ1v) is 11.5. The summed E-state index contributed by atoms with van der Waals surface area (Å²) in [5.74, 6) is -0.995. The van der Waals surface area contributed by atoms with Crippen molar-refractivity contribution < 1.29 is 19.3 Å². The normalized spacial score (nSPS) is 25.9. The Morgan fingerprint density at radius 2 is 1.79 bits per heavy atom. The summed E-state index contributed by atoms with van der Waals surface area (Å²) >= 11 is 12.1. The standard InChI is InChI=1S/C24H23Cl2N3O5/c1-22(2)23(3)10-11-24(22,21(31)27-17-7-5-4-6-15(17)25)13-19(23)28-34-20(30)14-8-9-16(26)18(12-14)29(32)33/h4-9,12H,10-11,13H2,1-3H3,(H,27,31). The highest BCUT2D eigenvalue weighted by Gasteiger charge is 2.71. The molecule has 4 rings (SSSR count). The molecule has 0 saturated heterocycles. The van der Waals surface area contributed by atoms with Crippen LogP contribution in [0, 0.1) is 26.4 Å². The zero-order valence-corrected chi connectivity index (χ0v) is 20.4. The zero-order valence-electron chi connectivity index (χ0n) is 18.9. The Morgan fingerprint density at radius 3 is 2.47 bits per heavy atom. The number of carbonyl (C=O) groups is 2. The maximum Gasteiger partial charge on any atom is 0.365 e. The molecular weight excluding hydrogens is 481 g/mol. The monoisotopic (exact) mass is 503 g/mol. The Kier molecular flexibility index (Phi) is 5.94. The molecule has 2 saturated carbocycles. The number of benzene rings is 2. The first-order valence-electron chi connectivity index (χ1n) is 10.7. The number of nitrogens with zero attached hydrogens (tertiary/aromatic N) is 2. The molecule has 2 aliphatic rings. The molecule has 2 aromatic carbocycles. The number of hydrogen-bond donors (Lipinski definition) is 1. The van der Waals surface area contributed by atoms with Crippen LogP contribution in [0.1, 0.15) is 50.4 Å². The van der Waals surface area contributed by atoms with Crippen molar-refractivity contribution in [3.05, 3.63) is 68.2 Å². The number of amides is 1. The first-order chi connectivity index (χ1) is 15.9. The lowest BCUT2D eigenvalue weighted by Crippen LogP contribution is -2.43. The van der Waals surface area contributed by atoms with E-state index in [-0.39, 0.29) is 16.5 Å². The number of halogens is 2. The molecule has 34 heavy (non-hydrogen) atoms. The number of nitro benzene ring substituents is 1. The van der Waals surface area contributed by atoms with Crippen LogP contribution in [0.3, 0.4) is 0 Å². The van der Waals surface area contributed by atoms with Gasteiger partial charge in [0.05, 0.1) is 32.3 Å². The van der Waals surface area contributed by atoms with Crippen LogP contribution >= 0.6 is 23.2 Å². The van der Waals surface area contributed by atoms with E-state index in [1.807, 2.05) is 20.8 Å². The molecule has 1 N–H and O–H groups in total. The van der Waals surface area contributed by atoms with Crippen molar-refractivity contribution in [2.24, 2.45) is 21.4 Å². The highest BCUT2D eigenvalue weighted by molar-refractivity contribution is 6.34. The number of anilines is 1. The molecule has 2 unspecified atom stereocenters. The number of oxime groups is 1. The van der Waals surface area contributed by atoms with E-state index in [0.29, 0.717) is 35.7 Å². The van der Waals surface area contributed by atoms with Crippen LogP contribution in [0.5, 0.6) is 0 Å². The fourth-order valence-corrected chi connectivity index (χ4v) is 5.63. The van der Waals surface area contributed by atoms with Gasteiger partial charge < -0.3 is 10.2 Å². The van der Waals surface area contributed by atoms with E-state index in [1.165, 1.54) is 12.1 Å². The molecule has 0 heterocycles. The van der Waals surface area contributed by atoms with Gasteiger partial charge in [0.25, 0.3) is 5.69 Å². The largest absolute Gasteiger partial charge is 0.365 e. The minimum Gasteiger partial charge on any atom is -0.324 e. The van der Waals surface area contributed by atoms with E-state index in [1.54, 1.807) is 24.3 Å². The van der Waals surface area contributed by atoms with Crippen LogP contribution < -0.4 is 5.32 Å². The smallest absolute Gasteiger partial charge is 0.324 e. The van der Waals surface area contributed by atoms with Gasteiger partial charge in [-0.15, -0.1) is 0 Å². The molecule has 0 spiro atoms. The lowest BCUT2D eigenvalue weighted by molar-refractivity contribution is -0.384. The van der Waals surface area contributed by atoms with E-state index < -0.39 is 32.8 Å². The Morgan fingerprint density at radius 1 is 1.09 bits per heavy atom. The molecule has 2 aromatic rings. The van der Waals surface area contributed by atoms with Gasteiger partial charge in [-0.3, -0.25) is 14.9 Å². The van der Waals surface area contributed by atoms with Gasteiger partial charge in [-0.05, 0) is 42.5 Å². The molecule has 0 radical (unpaired) electrons. The van der Waals surface area contributed by atoms with Gasteiger partial charge in [0.2, 0.25) is 5.91 Å². The van der Waals surface area contributed by atoms with Crippen LogP contribution in [-0.4, -0.2) is 22.5 Å². The quantitative estimate of drug-likeness (QED) is 0.293. The summed E-state index contributed by atoms with van der Waals surface area (Å²) < 4.78 is 0. The lowest BCUT2D eigenvalue weighted by atomic mass is 9.64.